The summed E-state index contributed by atoms with van der Waals surface area (Å²) < 4.78 is 29.9. The fourth-order valence-electron chi connectivity index (χ4n) is 2.33. The number of carbonyl (C=O) groups excluding carboxylic acids is 1. The number of alkyl halides is 2. The van der Waals surface area contributed by atoms with Gasteiger partial charge in [-0.15, -0.1) is 0 Å². The molecule has 0 radical (unpaired) electrons. The predicted molar refractivity (Wildman–Crippen MR) is 70.6 cm³/mol. The normalized spacial score (nSPS) is 23.0. The van der Waals surface area contributed by atoms with Gasteiger partial charge in [0.15, 0.2) is 0 Å². The van der Waals surface area contributed by atoms with E-state index in [0.717, 1.165) is 0 Å². The Balaban J connectivity index is 2.66. The van der Waals surface area contributed by atoms with Crippen molar-refractivity contribution < 1.29 is 23.4 Å². The topological polar surface area (TPSA) is 75.8 Å². The van der Waals surface area contributed by atoms with Crippen molar-refractivity contribution in [3.63, 3.8) is 0 Å². The van der Waals surface area contributed by atoms with E-state index < -0.39 is 42.7 Å². The van der Waals surface area contributed by atoms with Crippen molar-refractivity contribution in [2.45, 2.75) is 70.2 Å². The quantitative estimate of drug-likeness (QED) is 0.828. The third-order valence-electron chi connectivity index (χ3n) is 3.21. The van der Waals surface area contributed by atoms with Gasteiger partial charge in [-0.1, -0.05) is 0 Å². The molecular formula is C13H24F2N2O3. The minimum Gasteiger partial charge on any atom is -0.444 e. The molecule has 0 aromatic heterocycles. The first-order chi connectivity index (χ1) is 9.11. The SMILES string of the molecule is CC(C)(C)OC(=O)N1CCC[C@@H]1[C@@H](O)[C@@H](N)CC(F)F. The maximum absolute atomic E-state index is 12.3. The largest absolute Gasteiger partial charge is 0.444 e. The number of hydrogen-bond acceptors (Lipinski definition) is 4. The van der Waals surface area contributed by atoms with Crippen LogP contribution in [-0.2, 0) is 4.74 Å². The smallest absolute Gasteiger partial charge is 0.410 e. The first kappa shape index (κ1) is 17.1. The molecule has 0 aromatic carbocycles. The average Bonchev–Trinajstić information content (AvgIpc) is 2.73. The molecule has 0 bridgehead atoms. The van der Waals surface area contributed by atoms with Crippen LogP contribution in [0.5, 0.6) is 0 Å². The van der Waals surface area contributed by atoms with E-state index in [1.807, 2.05) is 0 Å². The van der Waals surface area contributed by atoms with Crippen molar-refractivity contribution in [2.24, 2.45) is 5.73 Å². The molecule has 0 saturated carbocycles. The Hall–Kier alpha value is -0.950. The molecule has 0 aromatic rings. The molecule has 3 atom stereocenters. The van der Waals surface area contributed by atoms with Gasteiger partial charge in [-0.05, 0) is 33.6 Å². The van der Waals surface area contributed by atoms with Gasteiger partial charge >= 0.3 is 6.09 Å². The van der Waals surface area contributed by atoms with Gasteiger partial charge < -0.3 is 20.5 Å². The summed E-state index contributed by atoms with van der Waals surface area (Å²) in [5.41, 5.74) is 4.94. The molecule has 1 amide bonds. The van der Waals surface area contributed by atoms with Crippen LogP contribution < -0.4 is 5.73 Å². The summed E-state index contributed by atoms with van der Waals surface area (Å²) in [6.07, 6.45) is -3.63. The second-order valence-electron chi connectivity index (χ2n) is 6.16. The minimum absolute atomic E-state index is 0.442. The highest BCUT2D eigenvalue weighted by atomic mass is 19.3. The lowest BCUT2D eigenvalue weighted by atomic mass is 9.99. The summed E-state index contributed by atoms with van der Waals surface area (Å²) in [6, 6.07) is -1.61. The van der Waals surface area contributed by atoms with Gasteiger partial charge in [0, 0.05) is 19.0 Å². The van der Waals surface area contributed by atoms with Gasteiger partial charge in [-0.3, -0.25) is 0 Å². The summed E-state index contributed by atoms with van der Waals surface area (Å²) in [6.45, 7) is 5.68. The van der Waals surface area contributed by atoms with Crippen molar-refractivity contribution in [3.8, 4) is 0 Å². The van der Waals surface area contributed by atoms with Crippen LogP contribution in [0.25, 0.3) is 0 Å². The fourth-order valence-corrected chi connectivity index (χ4v) is 2.33. The van der Waals surface area contributed by atoms with E-state index in [1.165, 1.54) is 4.90 Å². The lowest BCUT2D eigenvalue weighted by Crippen LogP contribution is -2.51. The number of nitrogens with two attached hydrogens (primary N) is 1. The second kappa shape index (κ2) is 6.67. The van der Waals surface area contributed by atoms with Crippen molar-refractivity contribution >= 4 is 6.09 Å². The van der Waals surface area contributed by atoms with Crippen LogP contribution in [0.4, 0.5) is 13.6 Å². The lowest BCUT2D eigenvalue weighted by molar-refractivity contribution is -0.00443. The molecule has 0 aliphatic carbocycles. The summed E-state index contributed by atoms with van der Waals surface area (Å²) >= 11 is 0. The van der Waals surface area contributed by atoms with Crippen LogP contribution in [0.1, 0.15) is 40.0 Å². The standard InChI is InChI=1S/C13H24F2N2O3/c1-13(2,3)20-12(19)17-6-4-5-9(17)11(18)8(16)7-10(14)15/h8-11,18H,4-7,16H2,1-3H3/t8-,9+,11-/m0/s1. The second-order valence-corrected chi connectivity index (χ2v) is 6.16. The monoisotopic (exact) mass is 294 g/mol. The Kier molecular flexibility index (Phi) is 5.70. The first-order valence-corrected chi connectivity index (χ1v) is 6.83. The third-order valence-corrected chi connectivity index (χ3v) is 3.21. The van der Waals surface area contributed by atoms with Crippen LogP contribution in [0.2, 0.25) is 0 Å². The number of aliphatic hydroxyl groups is 1. The molecular weight excluding hydrogens is 270 g/mol. The van der Waals surface area contributed by atoms with Gasteiger partial charge in [0.25, 0.3) is 0 Å². The summed E-state index contributed by atoms with van der Waals surface area (Å²) in [7, 11) is 0. The van der Waals surface area contributed by atoms with Crippen molar-refractivity contribution in [2.75, 3.05) is 6.54 Å². The maximum Gasteiger partial charge on any atom is 0.410 e. The third kappa shape index (κ3) is 4.86. The molecule has 118 valence electrons. The number of amides is 1. The minimum atomic E-state index is -2.57. The summed E-state index contributed by atoms with van der Waals surface area (Å²) in [5, 5.41) is 10.1. The van der Waals surface area contributed by atoms with Crippen LogP contribution in [0, 0.1) is 0 Å². The van der Waals surface area contributed by atoms with E-state index in [9.17, 15) is 18.7 Å². The number of nitrogens with zero attached hydrogens (tertiary/aromatic N) is 1. The summed E-state index contributed by atoms with van der Waals surface area (Å²) in [5.74, 6) is 0. The predicted octanol–water partition coefficient (Wildman–Crippen LogP) is 1.73. The highest BCUT2D eigenvalue weighted by molar-refractivity contribution is 5.69. The first-order valence-electron chi connectivity index (χ1n) is 6.83. The van der Waals surface area contributed by atoms with Crippen LogP contribution >= 0.6 is 0 Å². The number of halogens is 2. The number of carbonyl (C=O) groups is 1. The van der Waals surface area contributed by atoms with Crippen molar-refractivity contribution in [1.29, 1.82) is 0 Å². The number of aliphatic hydroxyl groups excluding tert-OH is 1. The van der Waals surface area contributed by atoms with Gasteiger partial charge in [-0.25, -0.2) is 13.6 Å². The molecule has 0 spiro atoms. The van der Waals surface area contributed by atoms with Crippen LogP contribution in [-0.4, -0.2) is 52.9 Å². The Morgan fingerprint density at radius 2 is 2.10 bits per heavy atom. The van der Waals surface area contributed by atoms with Gasteiger partial charge in [0.1, 0.15) is 5.60 Å². The van der Waals surface area contributed by atoms with Crippen LogP contribution in [0.15, 0.2) is 0 Å². The van der Waals surface area contributed by atoms with E-state index in [2.05, 4.69) is 0 Å². The maximum atomic E-state index is 12.3. The number of rotatable bonds is 4. The van der Waals surface area contributed by atoms with Gasteiger partial charge in [0.05, 0.1) is 12.1 Å². The zero-order chi connectivity index (χ0) is 15.5. The molecule has 7 heteroatoms. The molecule has 5 nitrogen and oxygen atoms in total. The Morgan fingerprint density at radius 1 is 1.50 bits per heavy atom. The summed E-state index contributed by atoms with van der Waals surface area (Å²) in [4.78, 5) is 13.4. The molecule has 3 N–H and O–H groups in total. The number of ether oxygens (including phenoxy) is 1. The number of likely N-dealkylation sites (tertiary alicyclic amines) is 1. The molecule has 1 aliphatic heterocycles. The fraction of sp³-hybridized carbons (Fsp3) is 0.923. The average molecular weight is 294 g/mol. The zero-order valence-electron chi connectivity index (χ0n) is 12.2. The van der Waals surface area contributed by atoms with E-state index >= 15 is 0 Å². The Morgan fingerprint density at radius 3 is 2.60 bits per heavy atom. The highest BCUT2D eigenvalue weighted by Gasteiger charge is 2.39. The molecule has 1 aliphatic rings. The number of hydrogen-bond donors (Lipinski definition) is 2. The van der Waals surface area contributed by atoms with E-state index in [0.29, 0.717) is 19.4 Å². The molecule has 1 heterocycles. The zero-order valence-corrected chi connectivity index (χ0v) is 12.2. The van der Waals surface area contributed by atoms with Gasteiger partial charge in [-0.2, -0.15) is 0 Å². The highest BCUT2D eigenvalue weighted by Crippen LogP contribution is 2.25. The van der Waals surface area contributed by atoms with E-state index in [4.69, 9.17) is 10.5 Å². The molecule has 0 unspecified atom stereocenters. The van der Waals surface area contributed by atoms with E-state index in [-0.39, 0.29) is 0 Å². The van der Waals surface area contributed by atoms with E-state index in [1.54, 1.807) is 20.8 Å². The van der Waals surface area contributed by atoms with Crippen LogP contribution in [0.3, 0.4) is 0 Å². The molecule has 1 fully saturated rings. The van der Waals surface area contributed by atoms with Crippen molar-refractivity contribution in [1.82, 2.24) is 4.90 Å². The molecule has 20 heavy (non-hydrogen) atoms. The molecule has 1 saturated heterocycles. The lowest BCUT2D eigenvalue weighted by Gasteiger charge is -2.33. The Labute approximate surface area is 118 Å². The van der Waals surface area contributed by atoms with Crippen molar-refractivity contribution in [3.05, 3.63) is 0 Å². The Bertz CT molecular complexity index is 334. The molecule has 1 rings (SSSR count). The van der Waals surface area contributed by atoms with Gasteiger partial charge in [0.2, 0.25) is 6.43 Å².